The Hall–Kier alpha value is -1.09. The first-order valence-electron chi connectivity index (χ1n) is 9.91. The Morgan fingerprint density at radius 1 is 1.23 bits per heavy atom. The normalized spacial score (nSPS) is 13.2. The van der Waals surface area contributed by atoms with Crippen molar-refractivity contribution in [2.45, 2.75) is 53.8 Å². The van der Waals surface area contributed by atoms with E-state index >= 15 is 0 Å². The van der Waals surface area contributed by atoms with Crippen LogP contribution in [-0.2, 0) is 16.1 Å². The van der Waals surface area contributed by atoms with Gasteiger partial charge in [0, 0.05) is 11.8 Å². The SMILES string of the molecule is CCCCOC(C)Oc1ccnc(-c2nc3cc(C)c(C)cc3n2[S+](C)[O-])c1C.[H-].[Na+]. The van der Waals surface area contributed by atoms with E-state index in [1.54, 1.807) is 16.4 Å². The smallest absolute Gasteiger partial charge is 1.00 e. The molecule has 2 unspecified atom stereocenters. The molecule has 2 aromatic heterocycles. The zero-order valence-electron chi connectivity index (χ0n) is 20.0. The molecule has 3 rings (SSSR count). The van der Waals surface area contributed by atoms with Gasteiger partial charge < -0.3 is 15.5 Å². The topological polar surface area (TPSA) is 72.2 Å². The molecule has 0 radical (unpaired) electrons. The van der Waals surface area contributed by atoms with E-state index in [9.17, 15) is 4.55 Å². The van der Waals surface area contributed by atoms with E-state index in [4.69, 9.17) is 14.5 Å². The summed E-state index contributed by atoms with van der Waals surface area (Å²) in [5.41, 5.74) is 5.43. The maximum atomic E-state index is 12.6. The van der Waals surface area contributed by atoms with Gasteiger partial charge in [-0.15, -0.1) is 3.97 Å². The first-order valence-corrected chi connectivity index (χ1v) is 11.4. The zero-order chi connectivity index (χ0) is 21.1. The number of hydrogen-bond donors (Lipinski definition) is 0. The van der Waals surface area contributed by atoms with Gasteiger partial charge in [0.15, 0.2) is 6.29 Å². The van der Waals surface area contributed by atoms with Gasteiger partial charge in [0.1, 0.15) is 23.2 Å². The molecule has 0 spiro atoms. The molecule has 3 aromatic rings. The molecule has 0 saturated heterocycles. The first-order chi connectivity index (χ1) is 13.8. The van der Waals surface area contributed by atoms with Gasteiger partial charge in [0.05, 0.1) is 23.5 Å². The minimum absolute atomic E-state index is 0. The summed E-state index contributed by atoms with van der Waals surface area (Å²) in [6.45, 7) is 10.7. The van der Waals surface area contributed by atoms with Crippen molar-refractivity contribution >= 4 is 22.4 Å². The van der Waals surface area contributed by atoms with Crippen LogP contribution in [0.1, 0.15) is 44.8 Å². The van der Waals surface area contributed by atoms with Crippen LogP contribution in [0.4, 0.5) is 0 Å². The number of imidazole rings is 1. The minimum atomic E-state index is -1.28. The van der Waals surface area contributed by atoms with Gasteiger partial charge in [-0.1, -0.05) is 13.3 Å². The van der Waals surface area contributed by atoms with E-state index in [0.29, 0.717) is 23.9 Å². The van der Waals surface area contributed by atoms with Gasteiger partial charge in [-0.25, -0.2) is 4.98 Å². The fourth-order valence-electron chi connectivity index (χ4n) is 3.20. The molecule has 0 saturated carbocycles. The molecule has 6 nitrogen and oxygen atoms in total. The number of hydrogen-bond acceptors (Lipinski definition) is 5. The van der Waals surface area contributed by atoms with Crippen LogP contribution in [0.5, 0.6) is 5.75 Å². The van der Waals surface area contributed by atoms with Crippen LogP contribution in [-0.4, -0.2) is 37.6 Å². The number of pyridine rings is 1. The molecule has 0 aliphatic carbocycles. The van der Waals surface area contributed by atoms with E-state index < -0.39 is 11.4 Å². The molecule has 8 heteroatoms. The van der Waals surface area contributed by atoms with Gasteiger partial charge >= 0.3 is 29.6 Å². The van der Waals surface area contributed by atoms with Crippen LogP contribution in [0.2, 0.25) is 0 Å². The van der Waals surface area contributed by atoms with Crippen molar-refractivity contribution in [2.24, 2.45) is 0 Å². The monoisotopic (exact) mass is 439 g/mol. The summed E-state index contributed by atoms with van der Waals surface area (Å²) in [5.74, 6) is 1.26. The molecular weight excluding hydrogens is 409 g/mol. The van der Waals surface area contributed by atoms with Crippen LogP contribution in [0.25, 0.3) is 22.6 Å². The predicted molar refractivity (Wildman–Crippen MR) is 119 cm³/mol. The van der Waals surface area contributed by atoms with Crippen molar-refractivity contribution < 1.29 is 45.0 Å². The maximum Gasteiger partial charge on any atom is 1.00 e. The Morgan fingerprint density at radius 3 is 2.60 bits per heavy atom. The summed E-state index contributed by atoms with van der Waals surface area (Å²) < 4.78 is 26.0. The van der Waals surface area contributed by atoms with Crippen LogP contribution < -0.4 is 34.3 Å². The fraction of sp³-hybridized carbons (Fsp3) is 0.455. The second kappa shape index (κ2) is 11.0. The van der Waals surface area contributed by atoms with E-state index in [1.165, 1.54) is 0 Å². The summed E-state index contributed by atoms with van der Waals surface area (Å²) in [4.78, 5) is 9.30. The quantitative estimate of drug-likeness (QED) is 0.232. The van der Waals surface area contributed by atoms with Crippen molar-refractivity contribution in [1.29, 1.82) is 0 Å². The molecular formula is C22H30N3NaO3S. The minimum Gasteiger partial charge on any atom is -1.00 e. The van der Waals surface area contributed by atoms with Gasteiger partial charge in [-0.05, 0) is 63.4 Å². The number of benzene rings is 1. The molecule has 0 bridgehead atoms. The number of aryl methyl sites for hydroxylation is 2. The summed E-state index contributed by atoms with van der Waals surface area (Å²) >= 11 is -1.28. The van der Waals surface area contributed by atoms with Gasteiger partial charge in [-0.3, -0.25) is 4.98 Å². The summed E-state index contributed by atoms with van der Waals surface area (Å²) in [7, 11) is 0. The van der Waals surface area contributed by atoms with Crippen molar-refractivity contribution in [3.63, 3.8) is 0 Å². The number of nitrogens with zero attached hydrogens (tertiary/aromatic N) is 3. The van der Waals surface area contributed by atoms with E-state index in [2.05, 4.69) is 11.9 Å². The Kier molecular flexibility index (Phi) is 9.21. The summed E-state index contributed by atoms with van der Waals surface area (Å²) in [6, 6.07) is 5.88. The van der Waals surface area contributed by atoms with E-state index in [-0.39, 0.29) is 37.3 Å². The van der Waals surface area contributed by atoms with Crippen molar-refractivity contribution in [2.75, 3.05) is 12.9 Å². The Balaban J connectivity index is 0.00000240. The molecule has 2 heterocycles. The Morgan fingerprint density at radius 2 is 1.93 bits per heavy atom. The van der Waals surface area contributed by atoms with Crippen LogP contribution in [0.15, 0.2) is 24.4 Å². The van der Waals surface area contributed by atoms with E-state index in [0.717, 1.165) is 40.6 Å². The number of ether oxygens (including phenoxy) is 2. The van der Waals surface area contributed by atoms with Crippen molar-refractivity contribution in [3.05, 3.63) is 41.1 Å². The summed E-state index contributed by atoms with van der Waals surface area (Å²) in [5, 5.41) is 0. The second-order valence-electron chi connectivity index (χ2n) is 7.27. The number of rotatable bonds is 8. The first kappa shape index (κ1) is 25.2. The molecule has 0 aliphatic rings. The molecule has 0 amide bonds. The predicted octanol–water partition coefficient (Wildman–Crippen LogP) is 1.82. The van der Waals surface area contributed by atoms with Gasteiger partial charge in [0.25, 0.3) is 0 Å². The third-order valence-electron chi connectivity index (χ3n) is 5.00. The standard InChI is InChI=1S/C22H29N3O3S.Na.H/c1-7-8-11-27-17(5)28-20-9-10-23-21(16(20)4)22-24-18-12-14(2)15(3)13-19(18)25(22)29(6)26;;/h9-10,12-13,17H,7-8,11H2,1-6H3;;/q;+1;-1. The number of unbranched alkanes of at least 4 members (excludes halogenated alkanes) is 1. The van der Waals surface area contributed by atoms with Crippen molar-refractivity contribution in [3.8, 4) is 17.3 Å². The molecule has 2 atom stereocenters. The molecule has 1 aromatic carbocycles. The second-order valence-corrected chi connectivity index (χ2v) is 8.48. The van der Waals surface area contributed by atoms with Crippen molar-refractivity contribution in [1.82, 2.24) is 13.9 Å². The molecule has 0 fully saturated rings. The fourth-order valence-corrected chi connectivity index (χ4v) is 3.99. The van der Waals surface area contributed by atoms with Crippen LogP contribution in [0, 0.1) is 20.8 Å². The summed E-state index contributed by atoms with van der Waals surface area (Å²) in [6.07, 6.45) is 5.06. The third kappa shape index (κ3) is 5.39. The average Bonchev–Trinajstić information content (AvgIpc) is 3.02. The number of aromatic nitrogens is 3. The average molecular weight is 440 g/mol. The Bertz CT molecular complexity index is 1010. The molecule has 0 aliphatic heterocycles. The molecule has 158 valence electrons. The largest absolute Gasteiger partial charge is 1.00 e. The Labute approximate surface area is 205 Å². The zero-order valence-corrected chi connectivity index (χ0v) is 21.8. The van der Waals surface area contributed by atoms with Gasteiger partial charge in [0.2, 0.25) is 5.82 Å². The molecule has 30 heavy (non-hydrogen) atoms. The third-order valence-corrected chi connectivity index (χ3v) is 5.88. The number of fused-ring (bicyclic) bond motifs is 1. The van der Waals surface area contributed by atoms with Gasteiger partial charge in [-0.2, -0.15) is 0 Å². The maximum absolute atomic E-state index is 12.6. The van der Waals surface area contributed by atoms with E-state index in [1.807, 2.05) is 45.9 Å². The van der Waals surface area contributed by atoms with Crippen LogP contribution >= 0.6 is 0 Å². The molecule has 0 N–H and O–H groups in total. The van der Waals surface area contributed by atoms with Crippen LogP contribution in [0.3, 0.4) is 0 Å².